The quantitative estimate of drug-likeness (QED) is 0.0389. The first-order chi connectivity index (χ1) is 56.6. The number of hydrogen-bond donors (Lipinski definition) is 9. The van der Waals surface area contributed by atoms with E-state index in [4.69, 9.17) is 14.2 Å². The molecule has 0 spiro atoms. The Morgan fingerprint density at radius 2 is 1.36 bits per heavy atom. The lowest BCUT2D eigenvalue weighted by Gasteiger charge is -2.37. The lowest BCUT2D eigenvalue weighted by Crippen LogP contribution is -2.64. The summed E-state index contributed by atoms with van der Waals surface area (Å²) >= 11 is 0. The van der Waals surface area contributed by atoms with Crippen LogP contribution in [0, 0.1) is 5.82 Å². The van der Waals surface area contributed by atoms with E-state index in [1.54, 1.807) is 79.7 Å². The standard InChI is InChI=1S/C88H120FN13O16/c1-57-80(108)93-69(33-30-66(104)22-13-9-8-12-16-45-102(4,5)46-19-47-116-6)81(109)94-70-50-62-20-17-21-63(48-62)53-91-76(106)56-118-74-38-44-100-79(74)84(112)97-78(58(2)103)83(111)96-71(49-60-27-31-67(117-7)32-28-60)86(114)101-43-18-39-88(101,3)87(115)90-40-37-59-23-25-61(26-24-59)54-99(77(107)36-35-75(105)92-57)42-15-11-10-14-41-98-55-64(51-72(85(100)113)95-82(70)110)68-52-65(89)29-34-73(68)98/h17,20-21,23-29,31-32,34,48,52,55,57-58,69-72,74,78-79,103H,8-16,18-19,22,30,33,35-47,49-51,53-54,56H2,1-7H3,(H7-,90,91,92,93,94,95,96,97,105,106,108,109,110,111,112,115)/p+1/t57-,58+,69+,70-,71-,72-,74-,78-,79-,88-/m0/s1. The van der Waals surface area contributed by atoms with Gasteiger partial charge in [-0.2, -0.15) is 0 Å². The lowest BCUT2D eigenvalue weighted by atomic mass is 9.95. The van der Waals surface area contributed by atoms with Crippen LogP contribution in [0.3, 0.4) is 0 Å². The molecule has 0 saturated carbocycles. The van der Waals surface area contributed by atoms with Crippen molar-refractivity contribution in [3.8, 4) is 5.75 Å². The molecular formula is C88H121FN13O16+. The molecule has 1 aromatic heterocycles. The zero-order valence-electron chi connectivity index (χ0n) is 69.5. The van der Waals surface area contributed by atoms with Crippen molar-refractivity contribution in [2.75, 3.05) is 80.8 Å². The molecule has 12 bridgehead atoms. The second kappa shape index (κ2) is 43.0. The average molecular weight is 1640 g/mol. The number of unbranched alkanes of at least 4 members (excludes halogenated alkanes) is 4. The Morgan fingerprint density at radius 1 is 0.653 bits per heavy atom. The number of aliphatic hydroxyl groups excluding tert-OH is 1. The molecule has 2 saturated heterocycles. The summed E-state index contributed by atoms with van der Waals surface area (Å²) < 4.78 is 35.7. The van der Waals surface area contributed by atoms with Gasteiger partial charge in [0.1, 0.15) is 71.8 Å². The van der Waals surface area contributed by atoms with Crippen molar-refractivity contribution in [2.45, 2.75) is 242 Å². The zero-order valence-corrected chi connectivity index (χ0v) is 69.5. The normalized spacial score (nSPS) is 24.3. The summed E-state index contributed by atoms with van der Waals surface area (Å²) in [7, 11) is 7.59. The molecular weight excluding hydrogens is 1510 g/mol. The summed E-state index contributed by atoms with van der Waals surface area (Å²) in [5, 5.41) is 34.7. The van der Waals surface area contributed by atoms with Gasteiger partial charge in [-0.15, -0.1) is 0 Å². The number of benzene rings is 4. The van der Waals surface area contributed by atoms with Crippen molar-refractivity contribution in [1.29, 1.82) is 0 Å². The Labute approximate surface area is 690 Å². The van der Waals surface area contributed by atoms with E-state index in [9.17, 15) is 33.9 Å². The largest absolute Gasteiger partial charge is 0.497 e. The minimum atomic E-state index is -1.85. The fraction of sp³-hybridized carbons (Fsp3) is 0.568. The minimum Gasteiger partial charge on any atom is -0.497 e. The number of aromatic nitrogens is 1. The van der Waals surface area contributed by atoms with Crippen LogP contribution in [0.15, 0.2) is 97.2 Å². The number of aliphatic hydroxyl groups is 1. The number of hydrogen-bond acceptors (Lipinski definition) is 16. The number of quaternary nitrogens is 1. The van der Waals surface area contributed by atoms with E-state index in [0.717, 1.165) is 65.7 Å². The van der Waals surface area contributed by atoms with Crippen molar-refractivity contribution >= 4 is 81.7 Å². The summed E-state index contributed by atoms with van der Waals surface area (Å²) in [6.45, 7) is 7.25. The average Bonchev–Trinajstić information content (AvgIpc) is 1.63. The molecule has 9 N–H and O–H groups in total. The minimum absolute atomic E-state index is 0.0695. The second-order valence-corrected chi connectivity index (χ2v) is 33.2. The maximum Gasteiger partial charge on any atom is 0.246 e. The molecule has 29 nitrogen and oxygen atoms in total. The third kappa shape index (κ3) is 25.2. The Morgan fingerprint density at radius 3 is 2.12 bits per heavy atom. The number of nitrogens with zero attached hydrogens (tertiary/aromatic N) is 5. The molecule has 0 aliphatic carbocycles. The number of carbonyl (C=O) groups excluding carboxylic acids is 12. The number of ketones is 1. The third-order valence-electron chi connectivity index (χ3n) is 23.6. The van der Waals surface area contributed by atoms with E-state index in [1.807, 2.05) is 28.8 Å². The first-order valence-corrected chi connectivity index (χ1v) is 42.0. The smallest absolute Gasteiger partial charge is 0.246 e. The number of aryl methyl sites for hydroxylation is 1. The number of halogens is 1. The van der Waals surface area contributed by atoms with Crippen LogP contribution in [-0.2, 0) is 112 Å². The van der Waals surface area contributed by atoms with Gasteiger partial charge in [-0.05, 0) is 149 Å². The molecule has 4 aromatic carbocycles. The van der Waals surface area contributed by atoms with Gasteiger partial charge in [-0.1, -0.05) is 86.3 Å². The van der Waals surface area contributed by atoms with Crippen LogP contribution in [0.1, 0.15) is 170 Å². The number of methoxy groups -OCH3 is 2. The van der Waals surface area contributed by atoms with Gasteiger partial charge in [0.15, 0.2) is 0 Å². The number of nitrogens with one attached hydrogen (secondary N) is 8. The highest BCUT2D eigenvalue weighted by molar-refractivity contribution is 6.00. The van der Waals surface area contributed by atoms with E-state index in [1.165, 1.54) is 38.0 Å². The molecule has 0 radical (unpaired) electrons. The number of Topliss-reactive ketones (excluding diaryl/α,β-unsaturated/α-hetero) is 1. The van der Waals surface area contributed by atoms with E-state index in [0.29, 0.717) is 104 Å². The summed E-state index contributed by atoms with van der Waals surface area (Å²) in [6, 6.07) is 14.4. The van der Waals surface area contributed by atoms with Gasteiger partial charge in [-0.25, -0.2) is 4.39 Å². The van der Waals surface area contributed by atoms with Gasteiger partial charge in [0.05, 0.1) is 53.1 Å². The predicted molar refractivity (Wildman–Crippen MR) is 439 cm³/mol. The molecule has 30 heteroatoms. The number of amides is 11. The summed E-state index contributed by atoms with van der Waals surface area (Å²) in [6.07, 6.45) is 5.95. The first-order valence-electron chi connectivity index (χ1n) is 42.0. The van der Waals surface area contributed by atoms with Crippen molar-refractivity contribution in [1.82, 2.24) is 61.8 Å². The Bertz CT molecular complexity index is 4350. The van der Waals surface area contributed by atoms with Crippen molar-refractivity contribution in [3.05, 3.63) is 136 Å². The molecule has 640 valence electrons. The summed E-state index contributed by atoms with van der Waals surface area (Å²) in [5.74, 6) is -8.55. The number of carbonyl (C=O) groups is 12. The molecule has 10 atom stereocenters. The third-order valence-corrected chi connectivity index (χ3v) is 23.6. The van der Waals surface area contributed by atoms with E-state index < -0.39 is 132 Å². The molecule has 6 aliphatic heterocycles. The summed E-state index contributed by atoms with van der Waals surface area (Å²) in [4.78, 5) is 184. The first kappa shape index (κ1) is 90.2. The van der Waals surface area contributed by atoms with Crippen LogP contribution in [0.2, 0.25) is 0 Å². The molecule has 118 heavy (non-hydrogen) atoms. The highest BCUT2D eigenvalue weighted by Gasteiger charge is 2.50. The fourth-order valence-electron chi connectivity index (χ4n) is 16.6. The predicted octanol–water partition coefficient (Wildman–Crippen LogP) is 4.98. The van der Waals surface area contributed by atoms with Crippen LogP contribution >= 0.6 is 0 Å². The maximum absolute atomic E-state index is 16.3. The number of fused-ring (bicyclic) bond motifs is 16. The topological polar surface area (TPSA) is 364 Å². The van der Waals surface area contributed by atoms with Crippen LogP contribution < -0.4 is 47.3 Å². The van der Waals surface area contributed by atoms with E-state index >= 15 is 33.2 Å². The van der Waals surface area contributed by atoms with Gasteiger partial charge < -0.3 is 85.6 Å². The maximum atomic E-state index is 16.3. The van der Waals surface area contributed by atoms with Crippen LogP contribution in [0.25, 0.3) is 10.9 Å². The Hall–Kier alpha value is -10.2. The second-order valence-electron chi connectivity index (χ2n) is 33.2. The van der Waals surface area contributed by atoms with E-state index in [2.05, 4.69) is 56.6 Å². The number of rotatable bonds is 19. The monoisotopic (exact) mass is 1630 g/mol. The van der Waals surface area contributed by atoms with Crippen molar-refractivity contribution in [3.63, 3.8) is 0 Å². The van der Waals surface area contributed by atoms with Gasteiger partial charge in [0, 0.05) is 121 Å². The highest BCUT2D eigenvalue weighted by Crippen LogP contribution is 2.33. The molecule has 2 fully saturated rings. The van der Waals surface area contributed by atoms with Crippen molar-refractivity contribution in [2.24, 2.45) is 0 Å². The van der Waals surface area contributed by atoms with Gasteiger partial charge in [-0.3, -0.25) is 57.5 Å². The lowest BCUT2D eigenvalue weighted by molar-refractivity contribution is -0.890. The SMILES string of the molecule is COCCC[N+](C)(C)CCCCCCCC(=O)CC[C@H]1NC(=O)[C@H](C)NC(=O)CCC(=O)N2CCCCCCn3cc(c4cc(F)ccc43)C[C@@H]3NC(=O)[C@H](Cc4cccc(c4)CNC(=O)CO[C@H]4CCN(C3=O)[C@@H]4C(=O)N[C@@H]([C@@H](C)O)C(=O)N[C@@H](Cc3ccc(OC)cc3)C(=O)N3CCC[C@@]3(C)C(=O)NCCc3ccc(cc3)C2)NC1=O. The van der Waals surface area contributed by atoms with Crippen molar-refractivity contribution < 1.29 is 85.7 Å². The molecule has 0 unspecified atom stereocenters. The molecule has 5 aromatic rings. The van der Waals surface area contributed by atoms with Crippen LogP contribution in [-0.4, -0.2) is 240 Å². The summed E-state index contributed by atoms with van der Waals surface area (Å²) in [5.41, 5.74) is 2.82. The van der Waals surface area contributed by atoms with Gasteiger partial charge >= 0.3 is 0 Å². The van der Waals surface area contributed by atoms with Gasteiger partial charge in [0.2, 0.25) is 65.0 Å². The Balaban J connectivity index is 1.05. The van der Waals surface area contributed by atoms with Crippen LogP contribution in [0.4, 0.5) is 4.39 Å². The molecule has 6 aliphatic rings. The zero-order chi connectivity index (χ0) is 84.6. The van der Waals surface area contributed by atoms with E-state index in [-0.39, 0.29) is 109 Å². The number of ether oxygens (including phenoxy) is 3. The van der Waals surface area contributed by atoms with Gasteiger partial charge in [0.25, 0.3) is 0 Å². The molecule has 11 amide bonds. The highest BCUT2D eigenvalue weighted by atomic mass is 19.1. The molecule has 11 rings (SSSR count). The fourth-order valence-corrected chi connectivity index (χ4v) is 16.6. The Kier molecular flexibility index (Phi) is 32.8. The van der Waals surface area contributed by atoms with Crippen LogP contribution in [0.5, 0.6) is 5.75 Å². The molecule has 7 heterocycles.